The fourth-order valence-corrected chi connectivity index (χ4v) is 3.13. The average Bonchev–Trinajstić information content (AvgIpc) is 2.77. The molecule has 0 fully saturated rings. The summed E-state index contributed by atoms with van der Waals surface area (Å²) in [5, 5.41) is 6.65. The third kappa shape index (κ3) is 5.73. The van der Waals surface area contributed by atoms with Gasteiger partial charge in [-0.3, -0.25) is 9.79 Å². The van der Waals surface area contributed by atoms with Gasteiger partial charge in [0.05, 0.1) is 13.7 Å². The van der Waals surface area contributed by atoms with Crippen LogP contribution in [0.3, 0.4) is 0 Å². The van der Waals surface area contributed by atoms with Crippen LogP contribution in [0.2, 0.25) is 0 Å². The minimum atomic E-state index is 0.00308. The lowest BCUT2D eigenvalue weighted by Gasteiger charge is -2.14. The zero-order valence-corrected chi connectivity index (χ0v) is 17.7. The van der Waals surface area contributed by atoms with Crippen molar-refractivity contribution < 1.29 is 4.74 Å². The number of hydrogen-bond donors (Lipinski definition) is 2. The van der Waals surface area contributed by atoms with Gasteiger partial charge in [-0.2, -0.15) is 0 Å². The molecule has 0 aliphatic rings. The zero-order valence-electron chi connectivity index (χ0n) is 17.7. The number of aromatic nitrogens is 1. The van der Waals surface area contributed by atoms with E-state index >= 15 is 0 Å². The predicted molar refractivity (Wildman–Crippen MR) is 121 cm³/mol. The number of nitrogens with zero attached hydrogens (tertiary/aromatic N) is 2. The molecule has 0 aliphatic heterocycles. The van der Waals surface area contributed by atoms with Gasteiger partial charge in [-0.15, -0.1) is 0 Å². The normalized spacial score (nSPS) is 11.2. The van der Waals surface area contributed by atoms with E-state index < -0.39 is 0 Å². The molecule has 0 atom stereocenters. The molecule has 6 heteroatoms. The van der Waals surface area contributed by atoms with Crippen molar-refractivity contribution in [1.82, 2.24) is 15.2 Å². The molecule has 3 aromatic rings. The van der Waals surface area contributed by atoms with Crippen LogP contribution in [0.25, 0.3) is 0 Å². The molecule has 0 spiro atoms. The molecular formula is C24H28N4O2. The number of aryl methyl sites for hydroxylation is 1. The third-order valence-electron chi connectivity index (χ3n) is 4.85. The number of guanidine groups is 1. The van der Waals surface area contributed by atoms with Crippen molar-refractivity contribution in [3.8, 4) is 5.75 Å². The first-order valence-electron chi connectivity index (χ1n) is 9.90. The van der Waals surface area contributed by atoms with Crippen molar-refractivity contribution in [2.24, 2.45) is 4.99 Å². The van der Waals surface area contributed by atoms with Crippen LogP contribution >= 0.6 is 0 Å². The van der Waals surface area contributed by atoms with E-state index in [1.165, 1.54) is 5.56 Å². The van der Waals surface area contributed by atoms with E-state index in [9.17, 15) is 4.79 Å². The lowest BCUT2D eigenvalue weighted by atomic mass is 10.1. The van der Waals surface area contributed by atoms with Gasteiger partial charge >= 0.3 is 0 Å². The van der Waals surface area contributed by atoms with E-state index in [0.29, 0.717) is 19.6 Å². The number of benzene rings is 2. The second kappa shape index (κ2) is 10.3. The number of nitrogens with one attached hydrogen (secondary N) is 2. The SMILES string of the molecule is CN=C(NCc1ccc(Cn2ccccc2=O)cc1)NCc1ccc(C)cc1OC. The van der Waals surface area contributed by atoms with Crippen molar-refractivity contribution in [2.45, 2.75) is 26.6 Å². The molecule has 156 valence electrons. The molecule has 2 aromatic carbocycles. The molecule has 0 saturated carbocycles. The fraction of sp³-hybridized carbons (Fsp3) is 0.250. The summed E-state index contributed by atoms with van der Waals surface area (Å²) in [5.74, 6) is 1.59. The minimum Gasteiger partial charge on any atom is -0.496 e. The Bertz CT molecular complexity index is 1060. The van der Waals surface area contributed by atoms with E-state index in [2.05, 4.69) is 39.9 Å². The van der Waals surface area contributed by atoms with Crippen LogP contribution in [-0.2, 0) is 19.6 Å². The highest BCUT2D eigenvalue weighted by atomic mass is 16.5. The van der Waals surface area contributed by atoms with E-state index in [4.69, 9.17) is 4.74 Å². The van der Waals surface area contributed by atoms with Gasteiger partial charge in [0, 0.05) is 38.0 Å². The summed E-state index contributed by atoms with van der Waals surface area (Å²) in [6, 6.07) is 19.6. The van der Waals surface area contributed by atoms with Crippen molar-refractivity contribution in [3.63, 3.8) is 0 Å². The summed E-state index contributed by atoms with van der Waals surface area (Å²) >= 11 is 0. The van der Waals surface area contributed by atoms with Crippen molar-refractivity contribution in [3.05, 3.63) is 99.5 Å². The van der Waals surface area contributed by atoms with Crippen LogP contribution in [0.1, 0.15) is 22.3 Å². The second-order valence-electron chi connectivity index (χ2n) is 7.08. The number of methoxy groups -OCH3 is 1. The number of rotatable bonds is 7. The summed E-state index contributed by atoms with van der Waals surface area (Å²) in [5.41, 5.74) is 4.46. The zero-order chi connectivity index (χ0) is 21.3. The Kier molecular flexibility index (Phi) is 7.27. The highest BCUT2D eigenvalue weighted by Gasteiger charge is 2.05. The smallest absolute Gasteiger partial charge is 0.250 e. The highest BCUT2D eigenvalue weighted by Crippen LogP contribution is 2.19. The van der Waals surface area contributed by atoms with Gasteiger partial charge in [0.25, 0.3) is 5.56 Å². The number of aliphatic imine (C=N–C) groups is 1. The van der Waals surface area contributed by atoms with Crippen LogP contribution in [0.15, 0.2) is 76.6 Å². The van der Waals surface area contributed by atoms with Gasteiger partial charge in [-0.1, -0.05) is 42.5 Å². The molecule has 3 rings (SSSR count). The molecular weight excluding hydrogens is 376 g/mol. The Hall–Kier alpha value is -3.54. The quantitative estimate of drug-likeness (QED) is 0.469. The second-order valence-corrected chi connectivity index (χ2v) is 7.08. The average molecular weight is 405 g/mol. The molecule has 0 unspecified atom stereocenters. The van der Waals surface area contributed by atoms with Gasteiger partial charge < -0.3 is 19.9 Å². The first-order chi connectivity index (χ1) is 14.6. The van der Waals surface area contributed by atoms with Gasteiger partial charge in [-0.25, -0.2) is 0 Å². The van der Waals surface area contributed by atoms with Gasteiger partial charge in [0.2, 0.25) is 0 Å². The lowest BCUT2D eigenvalue weighted by Crippen LogP contribution is -2.36. The molecule has 0 radical (unpaired) electrons. The van der Waals surface area contributed by atoms with Crippen LogP contribution in [-0.4, -0.2) is 24.7 Å². The molecule has 1 heterocycles. The lowest BCUT2D eigenvalue weighted by molar-refractivity contribution is 0.408. The molecule has 2 N–H and O–H groups in total. The Balaban J connectivity index is 1.54. The standard InChI is InChI=1S/C24H28N4O2/c1-18-7-12-21(22(14-18)30-3)16-27-24(25-2)26-15-19-8-10-20(11-9-19)17-28-13-5-4-6-23(28)29/h4-14H,15-17H2,1-3H3,(H2,25,26,27). The first-order valence-corrected chi connectivity index (χ1v) is 9.90. The Morgan fingerprint density at radius 2 is 1.73 bits per heavy atom. The van der Waals surface area contributed by atoms with E-state index in [1.807, 2.05) is 31.2 Å². The molecule has 30 heavy (non-hydrogen) atoms. The van der Waals surface area contributed by atoms with Crippen molar-refractivity contribution >= 4 is 5.96 Å². The maximum absolute atomic E-state index is 11.8. The van der Waals surface area contributed by atoms with Crippen LogP contribution < -0.4 is 20.9 Å². The number of pyridine rings is 1. The summed E-state index contributed by atoms with van der Waals surface area (Å²) in [6.07, 6.45) is 1.80. The van der Waals surface area contributed by atoms with Crippen molar-refractivity contribution in [1.29, 1.82) is 0 Å². The third-order valence-corrected chi connectivity index (χ3v) is 4.85. The Morgan fingerprint density at radius 3 is 2.43 bits per heavy atom. The number of hydrogen-bond acceptors (Lipinski definition) is 3. The maximum atomic E-state index is 11.8. The fourth-order valence-electron chi connectivity index (χ4n) is 3.13. The van der Waals surface area contributed by atoms with E-state index in [0.717, 1.165) is 28.4 Å². The molecule has 0 saturated heterocycles. The monoisotopic (exact) mass is 404 g/mol. The largest absolute Gasteiger partial charge is 0.496 e. The molecule has 0 amide bonds. The van der Waals surface area contributed by atoms with Gasteiger partial charge in [0.1, 0.15) is 5.75 Å². The van der Waals surface area contributed by atoms with Crippen molar-refractivity contribution in [2.75, 3.05) is 14.2 Å². The maximum Gasteiger partial charge on any atom is 0.250 e. The Morgan fingerprint density at radius 1 is 1.00 bits per heavy atom. The van der Waals surface area contributed by atoms with Gasteiger partial charge in [0.15, 0.2) is 5.96 Å². The minimum absolute atomic E-state index is 0.00308. The summed E-state index contributed by atoms with van der Waals surface area (Å²) in [4.78, 5) is 16.1. The predicted octanol–water partition coefficient (Wildman–Crippen LogP) is 3.08. The summed E-state index contributed by atoms with van der Waals surface area (Å²) in [7, 11) is 3.44. The van der Waals surface area contributed by atoms with E-state index in [-0.39, 0.29) is 5.56 Å². The Labute approximate surface area is 177 Å². The molecule has 0 bridgehead atoms. The van der Waals surface area contributed by atoms with Crippen LogP contribution in [0.5, 0.6) is 5.75 Å². The topological polar surface area (TPSA) is 67.7 Å². The van der Waals surface area contributed by atoms with Crippen LogP contribution in [0.4, 0.5) is 0 Å². The molecule has 1 aromatic heterocycles. The highest BCUT2D eigenvalue weighted by molar-refractivity contribution is 5.79. The van der Waals surface area contributed by atoms with Crippen LogP contribution in [0, 0.1) is 6.92 Å². The molecule has 6 nitrogen and oxygen atoms in total. The number of ether oxygens (including phenoxy) is 1. The molecule has 0 aliphatic carbocycles. The van der Waals surface area contributed by atoms with Gasteiger partial charge in [-0.05, 0) is 35.7 Å². The summed E-state index contributed by atoms with van der Waals surface area (Å²) in [6.45, 7) is 3.88. The summed E-state index contributed by atoms with van der Waals surface area (Å²) < 4.78 is 7.15. The first kappa shape index (κ1) is 21.2. The van der Waals surface area contributed by atoms with E-state index in [1.54, 1.807) is 37.1 Å².